The molecule has 0 unspecified atom stereocenters. The van der Waals surface area contributed by atoms with Crippen LogP contribution in [-0.2, 0) is 18.5 Å². The van der Waals surface area contributed by atoms with E-state index in [0.29, 0.717) is 18.1 Å². The standard InChI is InChI=1S/C13H18N4O3/c1-13(2,3)10-8-19-11(16-10)7-15-12(18)14-6-9-4-5-20-17-9/h4-5,8H,6-7H2,1-3H3,(H2,14,15,18). The summed E-state index contributed by atoms with van der Waals surface area (Å²) in [5, 5.41) is 9.00. The molecule has 0 aliphatic carbocycles. The molecule has 2 rings (SSSR count). The number of nitrogens with zero attached hydrogens (tertiary/aromatic N) is 2. The summed E-state index contributed by atoms with van der Waals surface area (Å²) in [6.07, 6.45) is 3.07. The van der Waals surface area contributed by atoms with Crippen LogP contribution in [-0.4, -0.2) is 16.2 Å². The van der Waals surface area contributed by atoms with E-state index >= 15 is 0 Å². The first kappa shape index (κ1) is 14.1. The number of amides is 2. The molecule has 2 N–H and O–H groups in total. The van der Waals surface area contributed by atoms with E-state index in [0.717, 1.165) is 5.69 Å². The summed E-state index contributed by atoms with van der Waals surface area (Å²) in [5.74, 6) is 0.478. The molecule has 0 spiro atoms. The van der Waals surface area contributed by atoms with Gasteiger partial charge in [0, 0.05) is 11.5 Å². The number of nitrogens with one attached hydrogen (secondary N) is 2. The predicted octanol–water partition coefficient (Wildman–Crippen LogP) is 1.96. The Balaban J connectivity index is 1.77. The van der Waals surface area contributed by atoms with Gasteiger partial charge in [-0.1, -0.05) is 25.9 Å². The number of rotatable bonds is 4. The third kappa shape index (κ3) is 3.84. The molecule has 0 aliphatic rings. The van der Waals surface area contributed by atoms with Crippen molar-refractivity contribution in [3.05, 3.63) is 35.9 Å². The van der Waals surface area contributed by atoms with Crippen molar-refractivity contribution in [2.45, 2.75) is 39.3 Å². The molecule has 20 heavy (non-hydrogen) atoms. The topological polar surface area (TPSA) is 93.2 Å². The smallest absolute Gasteiger partial charge is 0.315 e. The molecule has 0 saturated carbocycles. The lowest BCUT2D eigenvalue weighted by atomic mass is 9.93. The lowest BCUT2D eigenvalue weighted by molar-refractivity contribution is 0.238. The molecule has 2 aromatic rings. The van der Waals surface area contributed by atoms with Crippen LogP contribution in [0.2, 0.25) is 0 Å². The highest BCUT2D eigenvalue weighted by Crippen LogP contribution is 2.20. The van der Waals surface area contributed by atoms with Gasteiger partial charge in [-0.05, 0) is 0 Å². The van der Waals surface area contributed by atoms with E-state index in [1.807, 2.05) is 20.8 Å². The van der Waals surface area contributed by atoms with Crippen molar-refractivity contribution in [1.29, 1.82) is 0 Å². The molecule has 0 bridgehead atoms. The van der Waals surface area contributed by atoms with Crippen molar-refractivity contribution in [1.82, 2.24) is 20.8 Å². The molecule has 2 heterocycles. The van der Waals surface area contributed by atoms with Crippen LogP contribution in [0.4, 0.5) is 4.79 Å². The first-order valence-electron chi connectivity index (χ1n) is 6.31. The summed E-state index contributed by atoms with van der Waals surface area (Å²) in [7, 11) is 0. The lowest BCUT2D eigenvalue weighted by Gasteiger charge is -2.13. The molecular weight excluding hydrogens is 260 g/mol. The Kier molecular flexibility index (Phi) is 4.07. The van der Waals surface area contributed by atoms with Crippen molar-refractivity contribution in [2.75, 3.05) is 0 Å². The van der Waals surface area contributed by atoms with Gasteiger partial charge in [0.1, 0.15) is 18.2 Å². The number of aromatic nitrogens is 2. The van der Waals surface area contributed by atoms with Gasteiger partial charge in [-0.2, -0.15) is 0 Å². The fraction of sp³-hybridized carbons (Fsp3) is 0.462. The van der Waals surface area contributed by atoms with Gasteiger partial charge in [0.25, 0.3) is 0 Å². The van der Waals surface area contributed by atoms with E-state index in [-0.39, 0.29) is 18.0 Å². The van der Waals surface area contributed by atoms with Crippen LogP contribution < -0.4 is 10.6 Å². The Morgan fingerprint density at radius 1 is 1.30 bits per heavy atom. The van der Waals surface area contributed by atoms with Gasteiger partial charge in [-0.3, -0.25) is 0 Å². The van der Waals surface area contributed by atoms with Gasteiger partial charge in [0.2, 0.25) is 5.89 Å². The Labute approximate surface area is 116 Å². The monoisotopic (exact) mass is 278 g/mol. The second-order valence-corrected chi connectivity index (χ2v) is 5.40. The molecule has 2 aromatic heterocycles. The predicted molar refractivity (Wildman–Crippen MR) is 70.8 cm³/mol. The minimum atomic E-state index is -0.316. The Bertz CT molecular complexity index is 554. The fourth-order valence-corrected chi connectivity index (χ4v) is 1.45. The van der Waals surface area contributed by atoms with E-state index in [2.05, 4.69) is 25.3 Å². The molecule has 0 atom stereocenters. The molecule has 0 saturated heterocycles. The van der Waals surface area contributed by atoms with Crippen molar-refractivity contribution in [2.24, 2.45) is 0 Å². The Morgan fingerprint density at radius 2 is 2.05 bits per heavy atom. The van der Waals surface area contributed by atoms with Crippen LogP contribution in [0.3, 0.4) is 0 Å². The van der Waals surface area contributed by atoms with E-state index in [9.17, 15) is 4.79 Å². The molecule has 0 radical (unpaired) electrons. The van der Waals surface area contributed by atoms with Crippen LogP contribution in [0.1, 0.15) is 38.0 Å². The largest absolute Gasteiger partial charge is 0.447 e. The van der Waals surface area contributed by atoms with Crippen LogP contribution >= 0.6 is 0 Å². The maximum atomic E-state index is 11.6. The lowest BCUT2D eigenvalue weighted by Crippen LogP contribution is -2.34. The summed E-state index contributed by atoms with van der Waals surface area (Å²) in [6.45, 7) is 6.69. The first-order chi connectivity index (χ1) is 9.45. The second kappa shape index (κ2) is 5.77. The van der Waals surface area contributed by atoms with Gasteiger partial charge in [-0.15, -0.1) is 0 Å². The van der Waals surface area contributed by atoms with Crippen molar-refractivity contribution in [3.63, 3.8) is 0 Å². The summed E-state index contributed by atoms with van der Waals surface area (Å²) < 4.78 is 9.97. The number of hydrogen-bond acceptors (Lipinski definition) is 5. The van der Waals surface area contributed by atoms with Gasteiger partial charge in [-0.25, -0.2) is 9.78 Å². The summed E-state index contributed by atoms with van der Waals surface area (Å²) in [5.41, 5.74) is 1.44. The fourth-order valence-electron chi connectivity index (χ4n) is 1.45. The Morgan fingerprint density at radius 3 is 2.65 bits per heavy atom. The van der Waals surface area contributed by atoms with Crippen LogP contribution in [0, 0.1) is 0 Å². The molecule has 0 aromatic carbocycles. The molecular formula is C13H18N4O3. The van der Waals surface area contributed by atoms with Crippen molar-refractivity contribution >= 4 is 6.03 Å². The van der Waals surface area contributed by atoms with E-state index < -0.39 is 0 Å². The number of carbonyl (C=O) groups is 1. The molecule has 7 nitrogen and oxygen atoms in total. The highest BCUT2D eigenvalue weighted by Gasteiger charge is 2.18. The maximum Gasteiger partial charge on any atom is 0.315 e. The van der Waals surface area contributed by atoms with Gasteiger partial charge < -0.3 is 19.6 Å². The van der Waals surface area contributed by atoms with Crippen molar-refractivity contribution in [3.8, 4) is 0 Å². The zero-order chi connectivity index (χ0) is 14.6. The zero-order valence-electron chi connectivity index (χ0n) is 11.8. The number of hydrogen-bond donors (Lipinski definition) is 2. The van der Waals surface area contributed by atoms with Crippen molar-refractivity contribution < 1.29 is 13.7 Å². The second-order valence-electron chi connectivity index (χ2n) is 5.40. The van der Waals surface area contributed by atoms with Crippen LogP contribution in [0.5, 0.6) is 0 Å². The minimum absolute atomic E-state index is 0.0725. The summed E-state index contributed by atoms with van der Waals surface area (Å²) in [6, 6.07) is 1.37. The van der Waals surface area contributed by atoms with Gasteiger partial charge in [0.05, 0.1) is 18.8 Å². The van der Waals surface area contributed by atoms with E-state index in [1.165, 1.54) is 6.26 Å². The van der Waals surface area contributed by atoms with E-state index in [4.69, 9.17) is 4.42 Å². The maximum absolute atomic E-state index is 11.6. The average molecular weight is 278 g/mol. The van der Waals surface area contributed by atoms with Gasteiger partial charge >= 0.3 is 6.03 Å². The molecule has 7 heteroatoms. The normalized spacial score (nSPS) is 11.3. The highest BCUT2D eigenvalue weighted by atomic mass is 16.5. The number of carbonyl (C=O) groups excluding carboxylic acids is 1. The van der Waals surface area contributed by atoms with E-state index in [1.54, 1.807) is 12.3 Å². The third-order valence-corrected chi connectivity index (χ3v) is 2.64. The molecule has 108 valence electrons. The molecule has 0 aliphatic heterocycles. The summed E-state index contributed by atoms with van der Waals surface area (Å²) in [4.78, 5) is 15.9. The summed E-state index contributed by atoms with van der Waals surface area (Å²) >= 11 is 0. The zero-order valence-corrected chi connectivity index (χ0v) is 11.8. The SMILES string of the molecule is CC(C)(C)c1coc(CNC(=O)NCc2ccon2)n1. The highest BCUT2D eigenvalue weighted by molar-refractivity contribution is 5.73. The van der Waals surface area contributed by atoms with Gasteiger partial charge in [0.15, 0.2) is 0 Å². The average Bonchev–Trinajstić information content (AvgIpc) is 3.04. The van der Waals surface area contributed by atoms with Crippen LogP contribution in [0.15, 0.2) is 27.5 Å². The Hall–Kier alpha value is -2.31. The molecule has 2 amide bonds. The number of urea groups is 1. The van der Waals surface area contributed by atoms with Crippen LogP contribution in [0.25, 0.3) is 0 Å². The first-order valence-corrected chi connectivity index (χ1v) is 6.31. The molecule has 0 fully saturated rings. The quantitative estimate of drug-likeness (QED) is 0.891. The minimum Gasteiger partial charge on any atom is -0.447 e. The number of oxazole rings is 1. The third-order valence-electron chi connectivity index (χ3n) is 2.64.